The van der Waals surface area contributed by atoms with Crippen LogP contribution in [-0.4, -0.2) is 5.88 Å². The molecule has 1 aromatic rings. The fraction of sp³-hybridized carbons (Fsp3) is 0.182. The smallest absolute Gasteiger partial charge is 0.100 e. The maximum atomic E-state index is 8.73. The van der Waals surface area contributed by atoms with Gasteiger partial charge in [0.2, 0.25) is 0 Å². The van der Waals surface area contributed by atoms with E-state index in [1.807, 2.05) is 18.2 Å². The molecular weight excluding hydrogens is 182 g/mol. The average molecular weight is 190 g/mol. The van der Waals surface area contributed by atoms with Crippen LogP contribution in [0, 0.1) is 23.2 Å². The summed E-state index contributed by atoms with van der Waals surface area (Å²) in [6, 6.07) is 9.37. The lowest BCUT2D eigenvalue weighted by Gasteiger charge is -1.91. The summed E-state index contributed by atoms with van der Waals surface area (Å²) in [4.78, 5) is 0. The zero-order chi connectivity index (χ0) is 9.52. The molecule has 0 spiro atoms. The van der Waals surface area contributed by atoms with Gasteiger partial charge >= 0.3 is 0 Å². The monoisotopic (exact) mass is 189 g/mol. The van der Waals surface area contributed by atoms with Crippen molar-refractivity contribution in [3.8, 4) is 17.9 Å². The van der Waals surface area contributed by atoms with Crippen molar-refractivity contribution in [2.24, 2.45) is 0 Å². The summed E-state index contributed by atoms with van der Waals surface area (Å²) in [6.45, 7) is 0. The second kappa shape index (κ2) is 5.25. The van der Waals surface area contributed by atoms with Crippen LogP contribution in [0.2, 0.25) is 0 Å². The number of nitrogens with zero attached hydrogens (tertiary/aromatic N) is 1. The molecule has 0 aliphatic heterocycles. The van der Waals surface area contributed by atoms with Crippen molar-refractivity contribution in [2.75, 3.05) is 5.88 Å². The molecule has 0 aliphatic carbocycles. The molecule has 0 aromatic heterocycles. The largest absolute Gasteiger partial charge is 0.192 e. The Labute approximate surface area is 83.0 Å². The van der Waals surface area contributed by atoms with E-state index in [1.54, 1.807) is 6.07 Å². The highest BCUT2D eigenvalue weighted by Crippen LogP contribution is 2.04. The van der Waals surface area contributed by atoms with Gasteiger partial charge in [-0.1, -0.05) is 24.0 Å². The van der Waals surface area contributed by atoms with E-state index in [0.29, 0.717) is 17.9 Å². The van der Waals surface area contributed by atoms with Gasteiger partial charge in [-0.2, -0.15) is 5.26 Å². The van der Waals surface area contributed by atoms with Crippen molar-refractivity contribution in [2.45, 2.75) is 6.42 Å². The van der Waals surface area contributed by atoms with E-state index in [4.69, 9.17) is 16.9 Å². The summed E-state index contributed by atoms with van der Waals surface area (Å²) in [5.41, 5.74) is 1.39. The molecule has 0 radical (unpaired) electrons. The molecule has 1 nitrogen and oxygen atoms in total. The summed E-state index contributed by atoms with van der Waals surface area (Å²) in [7, 11) is 0. The second-order valence-electron chi connectivity index (χ2n) is 2.40. The lowest BCUT2D eigenvalue weighted by Crippen LogP contribution is -1.81. The van der Waals surface area contributed by atoms with Crippen molar-refractivity contribution in [3.63, 3.8) is 0 Å². The van der Waals surface area contributed by atoms with Crippen LogP contribution in [0.1, 0.15) is 17.5 Å². The Morgan fingerprint density at radius 2 is 1.92 bits per heavy atom. The summed E-state index contributed by atoms with van der Waals surface area (Å²) >= 11 is 5.47. The molecule has 0 amide bonds. The first-order chi connectivity index (χ1) is 6.38. The van der Waals surface area contributed by atoms with Gasteiger partial charge in [0.1, 0.15) is 6.07 Å². The normalized spacial score (nSPS) is 8.31. The molecule has 2 heteroatoms. The third-order valence-corrected chi connectivity index (χ3v) is 1.68. The van der Waals surface area contributed by atoms with Gasteiger partial charge in [-0.15, -0.1) is 11.6 Å². The Hall–Kier alpha value is -1.44. The standard InChI is InChI=1S/C11H8ClN/c12-8-4-3-6-10-5-1-2-7-11(10)9-13/h1-2,5,7H,4,8H2. The molecule has 0 saturated carbocycles. The summed E-state index contributed by atoms with van der Waals surface area (Å²) < 4.78 is 0. The van der Waals surface area contributed by atoms with E-state index in [9.17, 15) is 0 Å². The predicted molar refractivity (Wildman–Crippen MR) is 53.4 cm³/mol. The van der Waals surface area contributed by atoms with Crippen LogP contribution in [0.3, 0.4) is 0 Å². The van der Waals surface area contributed by atoms with E-state index >= 15 is 0 Å². The van der Waals surface area contributed by atoms with Crippen molar-refractivity contribution < 1.29 is 0 Å². The third-order valence-electron chi connectivity index (χ3n) is 1.49. The quantitative estimate of drug-likeness (QED) is 0.492. The molecule has 0 bridgehead atoms. The highest BCUT2D eigenvalue weighted by molar-refractivity contribution is 6.18. The Morgan fingerprint density at radius 3 is 2.54 bits per heavy atom. The molecule has 1 rings (SSSR count). The van der Waals surface area contributed by atoms with Gasteiger partial charge in [0.25, 0.3) is 0 Å². The van der Waals surface area contributed by atoms with Gasteiger partial charge in [0.15, 0.2) is 0 Å². The van der Waals surface area contributed by atoms with Crippen LogP contribution in [0.4, 0.5) is 0 Å². The van der Waals surface area contributed by atoms with Crippen LogP contribution in [-0.2, 0) is 0 Å². The number of hydrogen-bond donors (Lipinski definition) is 0. The summed E-state index contributed by atoms with van der Waals surface area (Å²) in [5.74, 6) is 6.33. The fourth-order valence-electron chi connectivity index (χ4n) is 0.895. The highest BCUT2D eigenvalue weighted by atomic mass is 35.5. The first-order valence-corrected chi connectivity index (χ1v) is 4.46. The molecule has 64 valence electrons. The Kier molecular flexibility index (Phi) is 3.89. The number of rotatable bonds is 1. The SMILES string of the molecule is N#Cc1ccccc1C#CCCCl. The average Bonchev–Trinajstić information content (AvgIpc) is 2.19. The van der Waals surface area contributed by atoms with Crippen molar-refractivity contribution in [1.82, 2.24) is 0 Å². The first kappa shape index (κ1) is 9.65. The summed E-state index contributed by atoms with van der Waals surface area (Å²) in [5, 5.41) is 8.73. The zero-order valence-electron chi connectivity index (χ0n) is 7.05. The number of benzene rings is 1. The van der Waals surface area contributed by atoms with Gasteiger partial charge in [-0.25, -0.2) is 0 Å². The van der Waals surface area contributed by atoms with Gasteiger partial charge in [-0.3, -0.25) is 0 Å². The molecule has 0 saturated heterocycles. The number of nitriles is 1. The second-order valence-corrected chi connectivity index (χ2v) is 2.78. The molecule has 0 atom stereocenters. The molecule has 0 heterocycles. The van der Waals surface area contributed by atoms with E-state index in [1.165, 1.54) is 0 Å². The molecule has 13 heavy (non-hydrogen) atoms. The van der Waals surface area contributed by atoms with E-state index in [2.05, 4.69) is 17.9 Å². The third kappa shape index (κ3) is 2.82. The highest BCUT2D eigenvalue weighted by Gasteiger charge is 1.94. The number of hydrogen-bond acceptors (Lipinski definition) is 1. The zero-order valence-corrected chi connectivity index (χ0v) is 7.80. The van der Waals surface area contributed by atoms with Crippen LogP contribution < -0.4 is 0 Å². The minimum Gasteiger partial charge on any atom is -0.192 e. The van der Waals surface area contributed by atoms with Gasteiger partial charge < -0.3 is 0 Å². The maximum Gasteiger partial charge on any atom is 0.100 e. The van der Waals surface area contributed by atoms with Crippen LogP contribution in [0.25, 0.3) is 0 Å². The number of halogens is 1. The van der Waals surface area contributed by atoms with E-state index in [0.717, 1.165) is 5.56 Å². The van der Waals surface area contributed by atoms with Crippen LogP contribution >= 0.6 is 11.6 Å². The summed E-state index contributed by atoms with van der Waals surface area (Å²) in [6.07, 6.45) is 0.654. The topological polar surface area (TPSA) is 23.8 Å². The first-order valence-electron chi connectivity index (χ1n) is 3.92. The lowest BCUT2D eigenvalue weighted by atomic mass is 10.1. The van der Waals surface area contributed by atoms with Gasteiger partial charge in [-0.05, 0) is 12.1 Å². The molecule has 1 aromatic carbocycles. The van der Waals surface area contributed by atoms with Crippen molar-refractivity contribution >= 4 is 11.6 Å². The fourth-order valence-corrected chi connectivity index (χ4v) is 0.989. The molecule has 0 aliphatic rings. The predicted octanol–water partition coefficient (Wildman–Crippen LogP) is 2.54. The molecular formula is C11H8ClN. The van der Waals surface area contributed by atoms with E-state index < -0.39 is 0 Å². The lowest BCUT2D eigenvalue weighted by molar-refractivity contribution is 1.29. The number of alkyl halides is 1. The Balaban J connectivity index is 2.91. The molecule has 0 fully saturated rings. The molecule has 0 unspecified atom stereocenters. The van der Waals surface area contributed by atoms with Gasteiger partial charge in [0, 0.05) is 17.9 Å². The van der Waals surface area contributed by atoms with Crippen molar-refractivity contribution in [1.29, 1.82) is 5.26 Å². The van der Waals surface area contributed by atoms with Crippen LogP contribution in [0.5, 0.6) is 0 Å². The minimum atomic E-state index is 0.529. The van der Waals surface area contributed by atoms with E-state index in [-0.39, 0.29) is 0 Å². The maximum absolute atomic E-state index is 8.73. The van der Waals surface area contributed by atoms with Crippen LogP contribution in [0.15, 0.2) is 24.3 Å². The van der Waals surface area contributed by atoms with Gasteiger partial charge in [0.05, 0.1) is 5.56 Å². The van der Waals surface area contributed by atoms with Crippen molar-refractivity contribution in [3.05, 3.63) is 35.4 Å². The Morgan fingerprint density at radius 1 is 1.23 bits per heavy atom. The minimum absolute atomic E-state index is 0.529. The Bertz CT molecular complexity index is 379. The molecule has 0 N–H and O–H groups in total.